The highest BCUT2D eigenvalue weighted by molar-refractivity contribution is 7.99. The molecular weight excluding hydrogens is 319 g/mol. The summed E-state index contributed by atoms with van der Waals surface area (Å²) in [5.41, 5.74) is -1.91. The van der Waals surface area contributed by atoms with Gasteiger partial charge in [-0.25, -0.2) is 9.18 Å². The number of benzene rings is 1. The number of ether oxygens (including phenoxy) is 1. The molecule has 2 atom stereocenters. The summed E-state index contributed by atoms with van der Waals surface area (Å²) in [5.74, 6) is -0.466. The Morgan fingerprint density at radius 2 is 1.87 bits per heavy atom. The fourth-order valence-corrected chi connectivity index (χ4v) is 2.35. The Balaban J connectivity index is 2.33. The second-order valence-corrected chi connectivity index (χ2v) is 7.17. The molecule has 7 heteroatoms. The number of alkyl carbamates (subject to hydrolysis) is 1. The van der Waals surface area contributed by atoms with E-state index in [0.29, 0.717) is 0 Å². The minimum absolute atomic E-state index is 0.140. The summed E-state index contributed by atoms with van der Waals surface area (Å²) >= 11 is 1.03. The summed E-state index contributed by atoms with van der Waals surface area (Å²) in [5, 5.41) is 4.87. The van der Waals surface area contributed by atoms with Crippen molar-refractivity contribution in [2.24, 2.45) is 0 Å². The van der Waals surface area contributed by atoms with Gasteiger partial charge in [0, 0.05) is 4.90 Å². The first-order valence-corrected chi connectivity index (χ1v) is 8.18. The van der Waals surface area contributed by atoms with Gasteiger partial charge in [0.2, 0.25) is 5.91 Å². The van der Waals surface area contributed by atoms with Crippen molar-refractivity contribution in [3.8, 4) is 0 Å². The summed E-state index contributed by atoms with van der Waals surface area (Å²) in [6.45, 7) is 6.55. The molecule has 128 valence electrons. The summed E-state index contributed by atoms with van der Waals surface area (Å²) in [6, 6.07) is 8.28. The van der Waals surface area contributed by atoms with Crippen molar-refractivity contribution < 1.29 is 18.7 Å². The van der Waals surface area contributed by atoms with Crippen LogP contribution < -0.4 is 10.6 Å². The van der Waals surface area contributed by atoms with Gasteiger partial charge in [-0.3, -0.25) is 4.79 Å². The Bertz CT molecular complexity index is 520. The first-order chi connectivity index (χ1) is 10.7. The van der Waals surface area contributed by atoms with Gasteiger partial charge >= 0.3 is 6.09 Å². The van der Waals surface area contributed by atoms with Crippen LogP contribution >= 0.6 is 11.8 Å². The molecule has 0 bridgehead atoms. The molecule has 0 heterocycles. The van der Waals surface area contributed by atoms with Gasteiger partial charge in [0.15, 0.2) is 5.50 Å². The Hall–Kier alpha value is -1.76. The number of amides is 2. The van der Waals surface area contributed by atoms with E-state index in [4.69, 9.17) is 4.74 Å². The predicted octanol–water partition coefficient (Wildman–Crippen LogP) is 3.10. The molecule has 0 aliphatic carbocycles. The van der Waals surface area contributed by atoms with Crippen molar-refractivity contribution in [1.29, 1.82) is 0 Å². The zero-order valence-corrected chi connectivity index (χ0v) is 14.6. The van der Waals surface area contributed by atoms with Crippen molar-refractivity contribution in [2.75, 3.05) is 6.54 Å². The van der Waals surface area contributed by atoms with Crippen LogP contribution in [0.3, 0.4) is 0 Å². The van der Waals surface area contributed by atoms with Crippen molar-refractivity contribution in [3.63, 3.8) is 0 Å². The average molecular weight is 342 g/mol. The largest absolute Gasteiger partial charge is 0.444 e. The third-order valence-corrected chi connectivity index (χ3v) is 3.54. The fraction of sp³-hybridized carbons (Fsp3) is 0.500. The van der Waals surface area contributed by atoms with Gasteiger partial charge in [-0.1, -0.05) is 30.0 Å². The molecule has 1 aromatic carbocycles. The van der Waals surface area contributed by atoms with Gasteiger partial charge in [0.25, 0.3) is 0 Å². The van der Waals surface area contributed by atoms with Crippen molar-refractivity contribution in [2.45, 2.75) is 49.7 Å². The monoisotopic (exact) mass is 342 g/mol. The minimum atomic E-state index is -1.27. The highest BCUT2D eigenvalue weighted by Gasteiger charge is 2.21. The van der Waals surface area contributed by atoms with E-state index in [1.54, 1.807) is 32.9 Å². The molecule has 1 rings (SSSR count). The zero-order chi connectivity index (χ0) is 17.5. The van der Waals surface area contributed by atoms with Gasteiger partial charge in [-0.15, -0.1) is 0 Å². The molecule has 1 aromatic rings. The van der Waals surface area contributed by atoms with E-state index in [1.165, 1.54) is 6.92 Å². The molecule has 2 N–H and O–H groups in total. The molecular formula is C16H23FN2O3S. The zero-order valence-electron chi connectivity index (χ0n) is 13.8. The molecule has 2 amide bonds. The number of carbonyl (C=O) groups excluding carboxylic acids is 2. The van der Waals surface area contributed by atoms with Gasteiger partial charge in [0.05, 0.1) is 6.54 Å². The van der Waals surface area contributed by atoms with E-state index in [0.717, 1.165) is 16.7 Å². The number of thioether (sulfide) groups is 1. The topological polar surface area (TPSA) is 67.4 Å². The van der Waals surface area contributed by atoms with E-state index in [1.807, 2.05) is 18.2 Å². The van der Waals surface area contributed by atoms with Crippen LogP contribution in [0.4, 0.5) is 9.18 Å². The Labute approximate surface area is 140 Å². The number of carbonyl (C=O) groups is 2. The maximum atomic E-state index is 13.8. The number of halogens is 1. The van der Waals surface area contributed by atoms with E-state index in [2.05, 4.69) is 10.6 Å². The highest BCUT2D eigenvalue weighted by Crippen LogP contribution is 2.23. The first-order valence-electron chi connectivity index (χ1n) is 7.30. The van der Waals surface area contributed by atoms with E-state index in [9.17, 15) is 14.0 Å². The summed E-state index contributed by atoms with van der Waals surface area (Å²) in [4.78, 5) is 24.2. The van der Waals surface area contributed by atoms with Crippen LogP contribution in [0.1, 0.15) is 27.7 Å². The second-order valence-electron chi connectivity index (χ2n) is 5.95. The SMILES string of the molecule is CC(NC(=O)OC(C)(C)C)C(=O)NCC(F)Sc1ccccc1. The van der Waals surface area contributed by atoms with E-state index in [-0.39, 0.29) is 6.54 Å². The maximum absolute atomic E-state index is 13.8. The molecule has 0 spiro atoms. The minimum Gasteiger partial charge on any atom is -0.444 e. The summed E-state index contributed by atoms with van der Waals surface area (Å²) in [7, 11) is 0. The molecule has 5 nitrogen and oxygen atoms in total. The predicted molar refractivity (Wildman–Crippen MR) is 89.0 cm³/mol. The number of hydrogen-bond acceptors (Lipinski definition) is 4. The number of hydrogen-bond donors (Lipinski definition) is 2. The van der Waals surface area contributed by atoms with E-state index < -0.39 is 29.1 Å². The third-order valence-electron chi connectivity index (χ3n) is 2.57. The summed E-state index contributed by atoms with van der Waals surface area (Å²) < 4.78 is 18.9. The van der Waals surface area contributed by atoms with Crippen LogP contribution in [0, 0.1) is 0 Å². The van der Waals surface area contributed by atoms with Gasteiger partial charge in [-0.2, -0.15) is 0 Å². The Morgan fingerprint density at radius 3 is 2.43 bits per heavy atom. The van der Waals surface area contributed by atoms with Gasteiger partial charge in [-0.05, 0) is 39.8 Å². The lowest BCUT2D eigenvalue weighted by Gasteiger charge is -2.21. The molecule has 0 aromatic heterocycles. The Kier molecular flexibility index (Phi) is 7.35. The van der Waals surface area contributed by atoms with E-state index >= 15 is 0 Å². The number of rotatable bonds is 6. The third kappa shape index (κ3) is 8.44. The quantitative estimate of drug-likeness (QED) is 0.780. The van der Waals surface area contributed by atoms with Gasteiger partial charge in [0.1, 0.15) is 11.6 Å². The molecule has 0 radical (unpaired) electrons. The molecule has 2 unspecified atom stereocenters. The lowest BCUT2D eigenvalue weighted by Crippen LogP contribution is -2.47. The normalized spacial score (nSPS) is 13.8. The molecule has 0 saturated heterocycles. The molecule has 23 heavy (non-hydrogen) atoms. The second kappa shape index (κ2) is 8.76. The lowest BCUT2D eigenvalue weighted by atomic mass is 10.2. The van der Waals surface area contributed by atoms with Crippen LogP contribution in [0.5, 0.6) is 0 Å². The van der Waals surface area contributed by atoms with Crippen LogP contribution in [0.15, 0.2) is 35.2 Å². The molecule has 0 aliphatic rings. The highest BCUT2D eigenvalue weighted by atomic mass is 32.2. The summed E-state index contributed by atoms with van der Waals surface area (Å²) in [6.07, 6.45) is -0.685. The van der Waals surface area contributed by atoms with Gasteiger partial charge < -0.3 is 15.4 Å². The van der Waals surface area contributed by atoms with Crippen LogP contribution in [-0.2, 0) is 9.53 Å². The lowest BCUT2D eigenvalue weighted by molar-refractivity contribution is -0.122. The van der Waals surface area contributed by atoms with Crippen molar-refractivity contribution >= 4 is 23.8 Å². The molecule has 0 fully saturated rings. The number of alkyl halides is 1. The smallest absolute Gasteiger partial charge is 0.408 e. The molecule has 0 saturated carbocycles. The average Bonchev–Trinajstić information content (AvgIpc) is 2.43. The Morgan fingerprint density at radius 1 is 1.26 bits per heavy atom. The molecule has 0 aliphatic heterocycles. The fourth-order valence-electron chi connectivity index (χ4n) is 1.57. The van der Waals surface area contributed by atoms with Crippen LogP contribution in [0.25, 0.3) is 0 Å². The number of nitrogens with one attached hydrogen (secondary N) is 2. The standard InChI is InChI=1S/C16H23FN2O3S/c1-11(19-15(21)22-16(2,3)4)14(20)18-10-13(17)23-12-8-6-5-7-9-12/h5-9,11,13H,10H2,1-4H3,(H,18,20)(H,19,21). The van der Waals surface area contributed by atoms with Crippen LogP contribution in [0.2, 0.25) is 0 Å². The first kappa shape index (κ1) is 19.3. The van der Waals surface area contributed by atoms with Crippen LogP contribution in [-0.4, -0.2) is 35.7 Å². The van der Waals surface area contributed by atoms with Crippen molar-refractivity contribution in [1.82, 2.24) is 10.6 Å². The maximum Gasteiger partial charge on any atom is 0.408 e. The van der Waals surface area contributed by atoms with Crippen molar-refractivity contribution in [3.05, 3.63) is 30.3 Å².